The van der Waals surface area contributed by atoms with Crippen LogP contribution in [0.1, 0.15) is 26.7 Å². The molecule has 0 spiro atoms. The van der Waals surface area contributed by atoms with Crippen LogP contribution >= 0.6 is 0 Å². The van der Waals surface area contributed by atoms with E-state index < -0.39 is 0 Å². The van der Waals surface area contributed by atoms with Crippen molar-refractivity contribution < 1.29 is 9.53 Å². The number of nitrogens with zero attached hydrogens (tertiary/aromatic N) is 1. The van der Waals surface area contributed by atoms with Crippen molar-refractivity contribution in [3.05, 3.63) is 24.3 Å². The number of rotatable bonds is 6. The molecule has 1 aromatic rings. The minimum atomic E-state index is 0.0375. The Hall–Kier alpha value is -1.55. The van der Waals surface area contributed by atoms with E-state index in [0.717, 1.165) is 30.8 Å². The molecule has 0 saturated carbocycles. The van der Waals surface area contributed by atoms with Crippen molar-refractivity contribution in [1.82, 2.24) is 5.32 Å². The summed E-state index contributed by atoms with van der Waals surface area (Å²) in [5, 5.41) is 3.48. The molecule has 0 fully saturated rings. The van der Waals surface area contributed by atoms with Crippen molar-refractivity contribution >= 4 is 11.6 Å². The van der Waals surface area contributed by atoms with Crippen LogP contribution in [0.15, 0.2) is 24.3 Å². The molecule has 4 nitrogen and oxygen atoms in total. The van der Waals surface area contributed by atoms with Gasteiger partial charge in [0.05, 0.1) is 5.69 Å². The number of hydrogen-bond acceptors (Lipinski definition) is 3. The van der Waals surface area contributed by atoms with Crippen molar-refractivity contribution in [3.63, 3.8) is 0 Å². The fourth-order valence-electron chi connectivity index (χ4n) is 2.26. The maximum Gasteiger partial charge on any atom is 0.265 e. The summed E-state index contributed by atoms with van der Waals surface area (Å²) in [5.74, 6) is 0.836. The molecule has 104 valence electrons. The minimum Gasteiger partial charge on any atom is -0.482 e. The van der Waals surface area contributed by atoms with Crippen LogP contribution < -0.4 is 15.0 Å². The Morgan fingerprint density at radius 1 is 1.37 bits per heavy atom. The highest BCUT2D eigenvalue weighted by Gasteiger charge is 2.26. The number of benzene rings is 1. The molecule has 0 aliphatic carbocycles. The summed E-state index contributed by atoms with van der Waals surface area (Å²) in [4.78, 5) is 13.9. The van der Waals surface area contributed by atoms with E-state index in [1.165, 1.54) is 0 Å². The number of fused-ring (bicyclic) bond motifs is 1. The molecular formula is C15H22N2O2. The van der Waals surface area contributed by atoms with Crippen molar-refractivity contribution in [2.75, 3.05) is 24.6 Å². The molecule has 1 N–H and O–H groups in total. The molecule has 1 aliphatic heterocycles. The standard InChI is InChI=1S/C15H22N2O2/c1-3-9-16-12(4-2)10-17-13-7-5-6-8-14(13)19-11-15(17)18/h5-8,12,16H,3-4,9-11H2,1-2H3. The lowest BCUT2D eigenvalue weighted by Gasteiger charge is -2.32. The molecule has 4 heteroatoms. The third-order valence-electron chi connectivity index (χ3n) is 3.39. The van der Waals surface area contributed by atoms with Crippen molar-refractivity contribution in [2.24, 2.45) is 0 Å². The predicted octanol–water partition coefficient (Wildman–Crippen LogP) is 2.19. The van der Waals surface area contributed by atoms with Gasteiger partial charge in [-0.3, -0.25) is 4.79 Å². The van der Waals surface area contributed by atoms with Crippen LogP contribution in [-0.2, 0) is 4.79 Å². The second-order valence-electron chi connectivity index (χ2n) is 4.82. The van der Waals surface area contributed by atoms with Crippen molar-refractivity contribution in [1.29, 1.82) is 0 Å². The SMILES string of the molecule is CCCNC(CC)CN1C(=O)COc2ccccc21. The Morgan fingerprint density at radius 2 is 2.16 bits per heavy atom. The number of hydrogen-bond donors (Lipinski definition) is 1. The molecule has 19 heavy (non-hydrogen) atoms. The number of nitrogens with one attached hydrogen (secondary N) is 1. The number of amides is 1. The van der Waals surface area contributed by atoms with Crippen molar-refractivity contribution in [2.45, 2.75) is 32.7 Å². The highest BCUT2D eigenvalue weighted by Crippen LogP contribution is 2.31. The quantitative estimate of drug-likeness (QED) is 0.854. The number of carbonyl (C=O) groups excluding carboxylic acids is 1. The fraction of sp³-hybridized carbons (Fsp3) is 0.533. The Balaban J connectivity index is 2.12. The van der Waals surface area contributed by atoms with Gasteiger partial charge in [-0.15, -0.1) is 0 Å². The largest absolute Gasteiger partial charge is 0.482 e. The van der Waals surface area contributed by atoms with E-state index in [2.05, 4.69) is 19.2 Å². The summed E-state index contributed by atoms with van der Waals surface area (Å²) in [6.07, 6.45) is 2.11. The molecule has 0 saturated heterocycles. The topological polar surface area (TPSA) is 41.6 Å². The lowest BCUT2D eigenvalue weighted by Crippen LogP contribution is -2.47. The number of para-hydroxylation sites is 2. The van der Waals surface area contributed by atoms with Crippen LogP contribution in [0.4, 0.5) is 5.69 Å². The van der Waals surface area contributed by atoms with Gasteiger partial charge in [0.2, 0.25) is 0 Å². The Bertz CT molecular complexity index is 434. The van der Waals surface area contributed by atoms with Gasteiger partial charge in [0.25, 0.3) is 5.91 Å². The molecule has 2 rings (SSSR count). The van der Waals surface area contributed by atoms with Crippen LogP contribution in [0.25, 0.3) is 0 Å². The number of ether oxygens (including phenoxy) is 1. The average molecular weight is 262 g/mol. The van der Waals surface area contributed by atoms with Gasteiger partial charge in [-0.1, -0.05) is 26.0 Å². The van der Waals surface area contributed by atoms with Gasteiger partial charge >= 0.3 is 0 Å². The maximum absolute atomic E-state index is 12.1. The highest BCUT2D eigenvalue weighted by molar-refractivity contribution is 5.97. The van der Waals surface area contributed by atoms with E-state index in [9.17, 15) is 4.79 Å². The van der Waals surface area contributed by atoms with E-state index >= 15 is 0 Å². The van der Waals surface area contributed by atoms with Gasteiger partial charge < -0.3 is 15.0 Å². The third kappa shape index (κ3) is 3.26. The lowest BCUT2D eigenvalue weighted by atomic mass is 10.1. The molecule has 1 aromatic carbocycles. The molecule has 0 aromatic heterocycles. The summed E-state index contributed by atoms with van der Waals surface area (Å²) in [7, 11) is 0. The van der Waals surface area contributed by atoms with Gasteiger partial charge in [-0.2, -0.15) is 0 Å². The summed E-state index contributed by atoms with van der Waals surface area (Å²) in [6, 6.07) is 8.05. The normalized spacial score (nSPS) is 15.9. The molecule has 1 atom stereocenters. The molecule has 0 bridgehead atoms. The van der Waals surface area contributed by atoms with Crippen LogP contribution in [0.5, 0.6) is 5.75 Å². The van der Waals surface area contributed by atoms with Crippen LogP contribution in [0.3, 0.4) is 0 Å². The Morgan fingerprint density at radius 3 is 2.89 bits per heavy atom. The maximum atomic E-state index is 12.1. The van der Waals surface area contributed by atoms with E-state index in [-0.39, 0.29) is 12.5 Å². The van der Waals surface area contributed by atoms with Gasteiger partial charge in [0.1, 0.15) is 5.75 Å². The van der Waals surface area contributed by atoms with Gasteiger partial charge in [0, 0.05) is 12.6 Å². The third-order valence-corrected chi connectivity index (χ3v) is 3.39. The smallest absolute Gasteiger partial charge is 0.265 e. The zero-order valence-corrected chi connectivity index (χ0v) is 11.7. The van der Waals surface area contributed by atoms with Crippen molar-refractivity contribution in [3.8, 4) is 5.75 Å². The summed E-state index contributed by atoms with van der Waals surface area (Å²) in [5.41, 5.74) is 0.885. The number of carbonyl (C=O) groups is 1. The molecule has 1 aliphatic rings. The Kier molecular flexibility index (Phi) is 4.80. The molecule has 1 heterocycles. The second-order valence-corrected chi connectivity index (χ2v) is 4.82. The first-order valence-corrected chi connectivity index (χ1v) is 7.01. The van der Waals surface area contributed by atoms with E-state index in [0.29, 0.717) is 12.6 Å². The minimum absolute atomic E-state index is 0.0375. The first kappa shape index (κ1) is 13.9. The second kappa shape index (κ2) is 6.57. The van der Waals surface area contributed by atoms with Crippen LogP contribution in [0, 0.1) is 0 Å². The predicted molar refractivity (Wildman–Crippen MR) is 76.7 cm³/mol. The zero-order valence-electron chi connectivity index (χ0n) is 11.7. The molecule has 0 radical (unpaired) electrons. The van der Waals surface area contributed by atoms with E-state index in [1.807, 2.05) is 29.2 Å². The highest BCUT2D eigenvalue weighted by atomic mass is 16.5. The van der Waals surface area contributed by atoms with Gasteiger partial charge in [0.15, 0.2) is 6.61 Å². The first-order chi connectivity index (χ1) is 9.26. The van der Waals surface area contributed by atoms with Crippen LogP contribution in [0.2, 0.25) is 0 Å². The lowest BCUT2D eigenvalue weighted by molar-refractivity contribution is -0.121. The average Bonchev–Trinajstić information content (AvgIpc) is 2.45. The zero-order chi connectivity index (χ0) is 13.7. The first-order valence-electron chi connectivity index (χ1n) is 7.01. The molecular weight excluding hydrogens is 240 g/mol. The molecule has 1 unspecified atom stereocenters. The number of anilines is 1. The van der Waals surface area contributed by atoms with E-state index in [1.54, 1.807) is 0 Å². The fourth-order valence-corrected chi connectivity index (χ4v) is 2.26. The van der Waals surface area contributed by atoms with Crippen LogP contribution in [-0.4, -0.2) is 31.6 Å². The Labute approximate surface area is 114 Å². The van der Waals surface area contributed by atoms with Gasteiger partial charge in [-0.05, 0) is 31.5 Å². The summed E-state index contributed by atoms with van der Waals surface area (Å²) < 4.78 is 5.45. The van der Waals surface area contributed by atoms with Gasteiger partial charge in [-0.25, -0.2) is 0 Å². The summed E-state index contributed by atoms with van der Waals surface area (Å²) >= 11 is 0. The summed E-state index contributed by atoms with van der Waals surface area (Å²) in [6.45, 7) is 6.12. The van der Waals surface area contributed by atoms with E-state index in [4.69, 9.17) is 4.74 Å². The monoisotopic (exact) mass is 262 g/mol. The molecule has 1 amide bonds.